The van der Waals surface area contributed by atoms with Gasteiger partial charge in [0.1, 0.15) is 0 Å². The number of carboxylic acid groups (broad SMARTS) is 1. The van der Waals surface area contributed by atoms with Gasteiger partial charge in [-0.2, -0.15) is 0 Å². The van der Waals surface area contributed by atoms with Crippen LogP contribution in [-0.4, -0.2) is 33.3 Å². The van der Waals surface area contributed by atoms with E-state index in [9.17, 15) is 14.4 Å². The van der Waals surface area contributed by atoms with E-state index in [0.29, 0.717) is 19.3 Å². The number of aliphatic carboxylic acids is 1. The molecule has 1 heterocycles. The lowest BCUT2D eigenvalue weighted by Gasteiger charge is -2.44. The summed E-state index contributed by atoms with van der Waals surface area (Å²) in [4.78, 5) is 36.9. The molecule has 1 saturated heterocycles. The van der Waals surface area contributed by atoms with Crippen LogP contribution in [0.1, 0.15) is 65.2 Å². The molecule has 0 unspecified atom stereocenters. The molecular formula is C15H23NO4. The lowest BCUT2D eigenvalue weighted by molar-refractivity contribution is -0.161. The Morgan fingerprint density at radius 3 is 2.15 bits per heavy atom. The molecule has 1 aliphatic heterocycles. The van der Waals surface area contributed by atoms with Gasteiger partial charge in [-0.15, -0.1) is 0 Å². The summed E-state index contributed by atoms with van der Waals surface area (Å²) in [5.74, 6) is -1.15. The average molecular weight is 281 g/mol. The van der Waals surface area contributed by atoms with E-state index in [1.54, 1.807) is 13.8 Å². The van der Waals surface area contributed by atoms with E-state index in [1.165, 1.54) is 4.90 Å². The number of rotatable bonds is 4. The largest absolute Gasteiger partial charge is 0.481 e. The van der Waals surface area contributed by atoms with Crippen LogP contribution in [0.15, 0.2) is 0 Å². The summed E-state index contributed by atoms with van der Waals surface area (Å²) >= 11 is 0. The van der Waals surface area contributed by atoms with Gasteiger partial charge in [-0.1, -0.05) is 12.8 Å². The molecule has 2 amide bonds. The summed E-state index contributed by atoms with van der Waals surface area (Å²) in [7, 11) is 0. The number of hydrogen-bond acceptors (Lipinski definition) is 3. The maximum absolute atomic E-state index is 12.4. The highest BCUT2D eigenvalue weighted by Crippen LogP contribution is 2.48. The fraction of sp³-hybridized carbons (Fsp3) is 0.800. The molecule has 20 heavy (non-hydrogen) atoms. The van der Waals surface area contributed by atoms with Crippen molar-refractivity contribution in [3.05, 3.63) is 0 Å². The first-order valence-corrected chi connectivity index (χ1v) is 7.34. The molecule has 112 valence electrons. The second-order valence-electron chi connectivity index (χ2n) is 6.89. The predicted molar refractivity (Wildman–Crippen MR) is 72.9 cm³/mol. The van der Waals surface area contributed by atoms with E-state index in [1.807, 2.05) is 0 Å². The third-order valence-corrected chi connectivity index (χ3v) is 4.77. The standard InChI is InChI=1S/C15H23NO4/c1-14(2,8-5-13(19)20)16-11(17)9-15(10-12(16)18)6-3-4-7-15/h3-10H2,1-2H3,(H,19,20). The number of imide groups is 1. The molecular weight excluding hydrogens is 258 g/mol. The zero-order chi connectivity index (χ0) is 15.0. The van der Waals surface area contributed by atoms with E-state index in [0.717, 1.165) is 25.7 Å². The van der Waals surface area contributed by atoms with E-state index >= 15 is 0 Å². The Balaban J connectivity index is 2.11. The maximum Gasteiger partial charge on any atom is 0.303 e. The van der Waals surface area contributed by atoms with Crippen molar-refractivity contribution < 1.29 is 19.5 Å². The van der Waals surface area contributed by atoms with Crippen molar-refractivity contribution >= 4 is 17.8 Å². The minimum Gasteiger partial charge on any atom is -0.481 e. The number of carbonyl (C=O) groups excluding carboxylic acids is 2. The van der Waals surface area contributed by atoms with E-state index < -0.39 is 11.5 Å². The quantitative estimate of drug-likeness (QED) is 0.803. The molecule has 5 heteroatoms. The van der Waals surface area contributed by atoms with Gasteiger partial charge in [-0.3, -0.25) is 19.3 Å². The van der Waals surface area contributed by atoms with Gasteiger partial charge >= 0.3 is 5.97 Å². The van der Waals surface area contributed by atoms with Crippen molar-refractivity contribution in [3.8, 4) is 0 Å². The fourth-order valence-corrected chi connectivity index (χ4v) is 3.68. The van der Waals surface area contributed by atoms with E-state index in [-0.39, 0.29) is 23.7 Å². The minimum atomic E-state index is -0.901. The van der Waals surface area contributed by atoms with Crippen LogP contribution in [0.5, 0.6) is 0 Å². The first-order valence-electron chi connectivity index (χ1n) is 7.34. The molecule has 0 aromatic heterocycles. The van der Waals surface area contributed by atoms with Crippen molar-refractivity contribution in [2.75, 3.05) is 0 Å². The molecule has 1 N–H and O–H groups in total. The number of carbonyl (C=O) groups is 3. The number of nitrogens with zero attached hydrogens (tertiary/aromatic N) is 1. The molecule has 0 aromatic rings. The average Bonchev–Trinajstić information content (AvgIpc) is 2.73. The van der Waals surface area contributed by atoms with Crippen molar-refractivity contribution in [3.63, 3.8) is 0 Å². The van der Waals surface area contributed by atoms with Crippen LogP contribution in [0.2, 0.25) is 0 Å². The van der Waals surface area contributed by atoms with Gasteiger partial charge in [0.05, 0.1) is 0 Å². The Bertz CT molecular complexity index is 415. The number of piperidine rings is 1. The van der Waals surface area contributed by atoms with Gasteiger partial charge in [0.25, 0.3) is 0 Å². The Labute approximate surface area is 119 Å². The van der Waals surface area contributed by atoms with Gasteiger partial charge in [-0.25, -0.2) is 0 Å². The topological polar surface area (TPSA) is 74.7 Å². The Kier molecular flexibility index (Phi) is 3.89. The van der Waals surface area contributed by atoms with Crippen molar-refractivity contribution in [1.82, 2.24) is 4.90 Å². The minimum absolute atomic E-state index is 0.0325. The molecule has 0 atom stereocenters. The van der Waals surface area contributed by atoms with Crippen molar-refractivity contribution in [2.45, 2.75) is 70.8 Å². The zero-order valence-corrected chi connectivity index (χ0v) is 12.3. The molecule has 1 aliphatic carbocycles. The van der Waals surface area contributed by atoms with E-state index in [4.69, 9.17) is 5.11 Å². The normalized spacial score (nSPS) is 22.6. The molecule has 0 aromatic carbocycles. The highest BCUT2D eigenvalue weighted by atomic mass is 16.4. The Morgan fingerprint density at radius 1 is 1.20 bits per heavy atom. The van der Waals surface area contributed by atoms with Crippen LogP contribution in [0.3, 0.4) is 0 Å². The van der Waals surface area contributed by atoms with Gasteiger partial charge < -0.3 is 5.11 Å². The summed E-state index contributed by atoms with van der Waals surface area (Å²) in [6, 6.07) is 0. The van der Waals surface area contributed by atoms with Crippen molar-refractivity contribution in [2.24, 2.45) is 5.41 Å². The smallest absolute Gasteiger partial charge is 0.303 e. The van der Waals surface area contributed by atoms with Gasteiger partial charge in [-0.05, 0) is 38.5 Å². The summed E-state index contributed by atoms with van der Waals surface area (Å²) in [5.41, 5.74) is -0.819. The highest BCUT2D eigenvalue weighted by molar-refractivity contribution is 5.99. The van der Waals surface area contributed by atoms with Crippen molar-refractivity contribution in [1.29, 1.82) is 0 Å². The molecule has 2 rings (SSSR count). The van der Waals surface area contributed by atoms with Gasteiger partial charge in [0.15, 0.2) is 0 Å². The van der Waals surface area contributed by atoms with Crippen LogP contribution in [-0.2, 0) is 14.4 Å². The number of carboxylic acids is 1. The first-order chi connectivity index (χ1) is 9.26. The molecule has 2 aliphatic rings. The molecule has 0 radical (unpaired) electrons. The van der Waals surface area contributed by atoms with Crippen LogP contribution in [0.25, 0.3) is 0 Å². The number of likely N-dealkylation sites (tertiary alicyclic amines) is 1. The zero-order valence-electron chi connectivity index (χ0n) is 12.3. The monoisotopic (exact) mass is 281 g/mol. The summed E-state index contributed by atoms with van der Waals surface area (Å²) in [5, 5.41) is 8.79. The van der Waals surface area contributed by atoms with Crippen LogP contribution >= 0.6 is 0 Å². The second-order valence-corrected chi connectivity index (χ2v) is 6.89. The third kappa shape index (κ3) is 2.86. The molecule has 1 saturated carbocycles. The summed E-state index contributed by atoms with van der Waals surface area (Å²) in [6.45, 7) is 3.55. The SMILES string of the molecule is CC(C)(CCC(=O)O)N1C(=O)CC2(CCCC2)CC1=O. The molecule has 1 spiro atoms. The first kappa shape index (κ1) is 15.0. The van der Waals surface area contributed by atoms with Gasteiger partial charge in [0, 0.05) is 24.8 Å². The van der Waals surface area contributed by atoms with Gasteiger partial charge in [0.2, 0.25) is 11.8 Å². The number of amides is 2. The molecule has 0 bridgehead atoms. The van der Waals surface area contributed by atoms with Crippen LogP contribution in [0, 0.1) is 5.41 Å². The lowest BCUT2D eigenvalue weighted by Crippen LogP contribution is -2.56. The second kappa shape index (κ2) is 5.19. The highest BCUT2D eigenvalue weighted by Gasteiger charge is 2.48. The Morgan fingerprint density at radius 2 is 1.70 bits per heavy atom. The van der Waals surface area contributed by atoms with E-state index in [2.05, 4.69) is 0 Å². The maximum atomic E-state index is 12.4. The fourth-order valence-electron chi connectivity index (χ4n) is 3.68. The Hall–Kier alpha value is -1.39. The van der Waals surface area contributed by atoms with Crippen LogP contribution in [0.4, 0.5) is 0 Å². The van der Waals surface area contributed by atoms with Crippen LogP contribution < -0.4 is 0 Å². The summed E-state index contributed by atoms with van der Waals surface area (Å²) < 4.78 is 0. The molecule has 5 nitrogen and oxygen atoms in total. The summed E-state index contributed by atoms with van der Waals surface area (Å²) in [6.07, 6.45) is 5.28. The lowest BCUT2D eigenvalue weighted by atomic mass is 9.75. The number of hydrogen-bond donors (Lipinski definition) is 1. The molecule has 2 fully saturated rings. The third-order valence-electron chi connectivity index (χ3n) is 4.77. The predicted octanol–water partition coefficient (Wildman–Crippen LogP) is 2.34.